The largest absolute Gasteiger partial charge is 0.312 e. The lowest BCUT2D eigenvalue weighted by atomic mass is 11.0. The van der Waals surface area contributed by atoms with E-state index in [1.807, 2.05) is 0 Å². The number of hydrogen-bond donors (Lipinski definition) is 0. The van der Waals surface area contributed by atoms with Gasteiger partial charge in [0.1, 0.15) is 0 Å². The first-order chi connectivity index (χ1) is 5.07. The molecule has 0 spiro atoms. The van der Waals surface area contributed by atoms with Gasteiger partial charge in [0.2, 0.25) is 0 Å². The maximum atomic E-state index is 6.73. The van der Waals surface area contributed by atoms with Gasteiger partial charge in [0.05, 0.1) is 0 Å². The Morgan fingerprint density at radius 3 is 2.50 bits per heavy atom. The molecule has 0 aromatic rings. The molecule has 1 nitrogen and oxygen atoms in total. The van der Waals surface area contributed by atoms with Crippen molar-refractivity contribution in [2.45, 2.75) is 0 Å². The van der Waals surface area contributed by atoms with Crippen LogP contribution in [0.1, 0.15) is 11.0 Å². The van der Waals surface area contributed by atoms with Crippen molar-refractivity contribution in [1.82, 2.24) is 4.90 Å². The van der Waals surface area contributed by atoms with Gasteiger partial charge in [-0.1, -0.05) is 0 Å². The molecule has 0 bridgehead atoms. The lowest BCUT2D eigenvalue weighted by Gasteiger charge is -1.90. The van der Waals surface area contributed by atoms with Crippen LogP contribution in [0.5, 0.6) is 0 Å². The highest BCUT2D eigenvalue weighted by Gasteiger charge is 1.58. The van der Waals surface area contributed by atoms with E-state index >= 15 is 0 Å². The Labute approximate surface area is 38.5 Å². The minimum Gasteiger partial charge on any atom is -0.312 e. The van der Waals surface area contributed by atoms with Gasteiger partial charge >= 0.3 is 0 Å². The predicted octanol–water partition coefficient (Wildman–Crippen LogP) is 0.178. The summed E-state index contributed by atoms with van der Waals surface area (Å²) in [6.45, 7) is -7.89. The summed E-state index contributed by atoms with van der Waals surface area (Å²) < 4.78 is 53.8. The van der Waals surface area contributed by atoms with Gasteiger partial charge in [-0.3, -0.25) is 0 Å². The average Bonchev–Trinajstić information content (AvgIpc) is 1.49. The molecule has 0 aromatic carbocycles. The Morgan fingerprint density at radius 1 is 1.75 bits per heavy atom. The summed E-state index contributed by atoms with van der Waals surface area (Å²) in [5.41, 5.74) is 0. The van der Waals surface area contributed by atoms with Crippen molar-refractivity contribution >= 4 is 0 Å². The molecule has 0 saturated carbocycles. The Morgan fingerprint density at radius 2 is 2.50 bits per heavy atom. The van der Waals surface area contributed by atoms with E-state index in [0.29, 0.717) is 0 Å². The van der Waals surface area contributed by atoms with Gasteiger partial charge in [-0.2, -0.15) is 0 Å². The Kier molecular flexibility index (Phi) is 0.0937. The van der Waals surface area contributed by atoms with E-state index in [-0.39, 0.29) is 4.90 Å². The van der Waals surface area contributed by atoms with Crippen LogP contribution in [0, 0.1) is 0 Å². The zero-order valence-corrected chi connectivity index (χ0v) is 2.02. The molecule has 0 aliphatic carbocycles. The van der Waals surface area contributed by atoms with Crippen LogP contribution in [0.3, 0.4) is 0 Å². The molecule has 0 fully saturated rings. The Bertz CT molecular complexity index is 129. The average molecular weight is 67.2 g/mol. The maximum absolute atomic E-state index is 6.73. The maximum Gasteiger partial charge on any atom is 0.0394 e. The van der Waals surface area contributed by atoms with Crippen LogP contribution >= 0.6 is 0 Å². The molecule has 4 heavy (non-hydrogen) atoms. The normalized spacial score (nSPS) is 45.5. The first-order valence-corrected chi connectivity index (χ1v) is 0.705. The van der Waals surface area contributed by atoms with E-state index in [2.05, 4.69) is 0 Å². The van der Waals surface area contributed by atoms with Crippen LogP contribution in [-0.4, -0.2) is 25.9 Å². The zero-order valence-electron chi connectivity index (χ0n) is 10.0. The first kappa shape index (κ1) is 0.289. The van der Waals surface area contributed by atoms with Crippen LogP contribution in [0.4, 0.5) is 0 Å². The van der Waals surface area contributed by atoms with Gasteiger partial charge in [0.25, 0.3) is 0 Å². The smallest absolute Gasteiger partial charge is 0.0394 e. The summed E-state index contributed by atoms with van der Waals surface area (Å²) in [4.78, 5) is -0.125. The number of rotatable bonds is 0. The quantitative estimate of drug-likeness (QED) is 0.390. The molecule has 0 atom stereocenters. The van der Waals surface area contributed by atoms with Crippen molar-refractivity contribution in [2.75, 3.05) is 21.0 Å². The van der Waals surface area contributed by atoms with Gasteiger partial charge in [-0.25, -0.2) is 0 Å². The number of nitrogens with zero attached hydrogens (tertiary/aromatic N) is 1. The van der Waals surface area contributed by atoms with E-state index in [1.54, 1.807) is 0 Å². The summed E-state index contributed by atoms with van der Waals surface area (Å²) in [5.74, 6) is 0. The minimum atomic E-state index is -2.93. The Balaban J connectivity index is 4.70. The second kappa shape index (κ2) is 1.30. The molecule has 0 aliphatic heterocycles. The second-order valence-corrected chi connectivity index (χ2v) is 0.370. The highest BCUT2D eigenvalue weighted by atomic mass is 15.0. The third-order valence-corrected chi connectivity index (χ3v) is 0. The molecule has 0 N–H and O–H groups in total. The van der Waals surface area contributed by atoms with Crippen molar-refractivity contribution in [3.05, 3.63) is 0 Å². The van der Waals surface area contributed by atoms with Gasteiger partial charge in [0, 0.05) is 11.0 Å². The molecule has 0 rings (SSSR count). The molecule has 0 heterocycles. The van der Waals surface area contributed by atoms with Crippen molar-refractivity contribution in [2.24, 2.45) is 0 Å². The van der Waals surface area contributed by atoms with Crippen LogP contribution in [0.15, 0.2) is 0 Å². The fourth-order valence-electron chi connectivity index (χ4n) is 0. The topological polar surface area (TPSA) is 3.24 Å². The summed E-state index contributed by atoms with van der Waals surface area (Å²) in [7, 11) is 0. The first-order valence-electron chi connectivity index (χ1n) is 4.86. The summed E-state index contributed by atoms with van der Waals surface area (Å²) in [5, 5.41) is 0. The standard InChI is InChI=1S/C3H9N/c1-4(2)3/h1-3H3/i1D2,2D3,3D3. The zero-order chi connectivity index (χ0) is 10.2. The van der Waals surface area contributed by atoms with Crippen molar-refractivity contribution in [3.63, 3.8) is 0 Å². The third kappa shape index (κ3) is 1130. The van der Waals surface area contributed by atoms with E-state index < -0.39 is 21.0 Å². The van der Waals surface area contributed by atoms with Crippen molar-refractivity contribution in [3.8, 4) is 0 Å². The van der Waals surface area contributed by atoms with Crippen molar-refractivity contribution < 1.29 is 11.0 Å². The third-order valence-electron chi connectivity index (χ3n) is 0. The van der Waals surface area contributed by atoms with Crippen LogP contribution in [0.25, 0.3) is 0 Å². The molecule has 0 amide bonds. The van der Waals surface area contributed by atoms with Crippen LogP contribution < -0.4 is 0 Å². The monoisotopic (exact) mass is 67.1 g/mol. The van der Waals surface area contributed by atoms with Crippen LogP contribution in [0.2, 0.25) is 0 Å². The molecule has 0 unspecified atom stereocenters. The minimum absolute atomic E-state index is 0.125. The number of hydrogen-bond acceptors (Lipinski definition) is 1. The van der Waals surface area contributed by atoms with E-state index in [9.17, 15) is 0 Å². The molecule has 0 aromatic heterocycles. The fourth-order valence-corrected chi connectivity index (χ4v) is 0. The second-order valence-electron chi connectivity index (χ2n) is 0.370. The van der Waals surface area contributed by atoms with Gasteiger partial charge in [0.15, 0.2) is 0 Å². The highest BCUT2D eigenvalue weighted by Crippen LogP contribution is 1.47. The predicted molar refractivity (Wildman–Crippen MR) is 19.6 cm³/mol. The van der Waals surface area contributed by atoms with Gasteiger partial charge < -0.3 is 4.90 Å². The molecule has 0 radical (unpaired) electrons. The van der Waals surface area contributed by atoms with E-state index in [4.69, 9.17) is 11.0 Å². The molecule has 0 saturated heterocycles. The fraction of sp³-hybridized carbons (Fsp3) is 1.00. The van der Waals surface area contributed by atoms with E-state index in [1.165, 1.54) is 0 Å². The van der Waals surface area contributed by atoms with E-state index in [0.717, 1.165) is 0 Å². The van der Waals surface area contributed by atoms with Crippen molar-refractivity contribution in [1.29, 1.82) is 0 Å². The highest BCUT2D eigenvalue weighted by molar-refractivity contribution is 4.09. The summed E-state index contributed by atoms with van der Waals surface area (Å²) >= 11 is 0. The van der Waals surface area contributed by atoms with Gasteiger partial charge in [-0.05, 0) is 21.0 Å². The van der Waals surface area contributed by atoms with Crippen LogP contribution in [-0.2, 0) is 0 Å². The lowest BCUT2D eigenvalue weighted by Crippen LogP contribution is -1.99. The van der Waals surface area contributed by atoms with Gasteiger partial charge in [-0.15, -0.1) is 0 Å². The molecule has 26 valence electrons. The SMILES string of the molecule is [2H]C([2H])N(C([2H])([2H])[2H])C([2H])([2H])[2H]. The molecule has 0 aliphatic rings. The summed E-state index contributed by atoms with van der Waals surface area (Å²) in [6, 6.07) is 0. The molecular weight excluding hydrogens is 50.0 g/mol. The Hall–Kier alpha value is -0.0400. The molecular formula is C3H9N. The molecule has 1 heteroatoms. The summed E-state index contributed by atoms with van der Waals surface area (Å²) in [6.07, 6.45) is 0. The lowest BCUT2D eigenvalue weighted by molar-refractivity contribution is 0.505.